The molecule has 0 aliphatic heterocycles. The van der Waals surface area contributed by atoms with Crippen molar-refractivity contribution in [3.63, 3.8) is 0 Å². The fraction of sp³-hybridized carbons (Fsp3) is 0.455. The van der Waals surface area contributed by atoms with E-state index in [2.05, 4.69) is 0 Å². The van der Waals surface area contributed by atoms with Crippen LogP contribution in [0, 0.1) is 0 Å². The van der Waals surface area contributed by atoms with Crippen LogP contribution in [0.2, 0.25) is 0 Å². The van der Waals surface area contributed by atoms with Crippen molar-refractivity contribution in [3.05, 3.63) is 23.8 Å². The third-order valence-electron chi connectivity index (χ3n) is 2.27. The molecule has 0 aliphatic rings. The Morgan fingerprint density at radius 2 is 1.88 bits per heavy atom. The van der Waals surface area contributed by atoms with Gasteiger partial charge in [0, 0.05) is 18.0 Å². The fourth-order valence-corrected chi connectivity index (χ4v) is 1.45. The standard InChI is InChI=1S/C11H15F2NO2.ClH/c1-15-7-3-4-10(16-2)8(5-7)9(14)6-11(12)13;/h3-5,9,11H,6,14H2,1-2H3;1H/t9-;/m1./s1. The molecule has 0 radical (unpaired) electrons. The van der Waals surface area contributed by atoms with Crippen LogP contribution in [-0.4, -0.2) is 20.6 Å². The summed E-state index contributed by atoms with van der Waals surface area (Å²) >= 11 is 0. The monoisotopic (exact) mass is 267 g/mol. The van der Waals surface area contributed by atoms with Crippen molar-refractivity contribution in [1.82, 2.24) is 0 Å². The molecule has 0 bridgehead atoms. The zero-order valence-corrected chi connectivity index (χ0v) is 10.5. The lowest BCUT2D eigenvalue weighted by Crippen LogP contribution is -2.15. The Bertz CT molecular complexity index is 350. The molecule has 0 aromatic heterocycles. The minimum Gasteiger partial charge on any atom is -0.497 e. The second-order valence-electron chi connectivity index (χ2n) is 3.34. The number of halogens is 3. The lowest BCUT2D eigenvalue weighted by molar-refractivity contribution is 0.128. The Morgan fingerprint density at radius 3 is 2.35 bits per heavy atom. The molecular weight excluding hydrogens is 252 g/mol. The quantitative estimate of drug-likeness (QED) is 0.892. The molecule has 2 N–H and O–H groups in total. The molecule has 0 saturated heterocycles. The van der Waals surface area contributed by atoms with E-state index in [1.165, 1.54) is 14.2 Å². The van der Waals surface area contributed by atoms with Gasteiger partial charge in [-0.1, -0.05) is 0 Å². The summed E-state index contributed by atoms with van der Waals surface area (Å²) in [5.41, 5.74) is 6.21. The number of hydrogen-bond acceptors (Lipinski definition) is 3. The number of alkyl halides is 2. The Hall–Kier alpha value is -1.07. The molecule has 0 unspecified atom stereocenters. The summed E-state index contributed by atoms with van der Waals surface area (Å²) in [6.45, 7) is 0. The van der Waals surface area contributed by atoms with Gasteiger partial charge >= 0.3 is 0 Å². The van der Waals surface area contributed by atoms with E-state index in [4.69, 9.17) is 15.2 Å². The Morgan fingerprint density at radius 1 is 1.24 bits per heavy atom. The van der Waals surface area contributed by atoms with Crippen molar-refractivity contribution in [1.29, 1.82) is 0 Å². The van der Waals surface area contributed by atoms with Gasteiger partial charge in [0.2, 0.25) is 6.43 Å². The summed E-state index contributed by atoms with van der Waals surface area (Å²) in [6.07, 6.45) is -2.84. The van der Waals surface area contributed by atoms with Gasteiger partial charge in [0.25, 0.3) is 0 Å². The van der Waals surface area contributed by atoms with Crippen molar-refractivity contribution >= 4 is 12.4 Å². The van der Waals surface area contributed by atoms with Crippen LogP contribution < -0.4 is 15.2 Å². The van der Waals surface area contributed by atoms with Crippen molar-refractivity contribution in [2.75, 3.05) is 14.2 Å². The molecule has 3 nitrogen and oxygen atoms in total. The third-order valence-corrected chi connectivity index (χ3v) is 2.27. The molecular formula is C11H16ClF2NO2. The topological polar surface area (TPSA) is 44.5 Å². The predicted molar refractivity (Wildman–Crippen MR) is 64.3 cm³/mol. The van der Waals surface area contributed by atoms with Crippen molar-refractivity contribution in [2.45, 2.75) is 18.9 Å². The molecule has 6 heteroatoms. The maximum absolute atomic E-state index is 12.2. The Labute approximate surface area is 105 Å². The summed E-state index contributed by atoms with van der Waals surface area (Å²) < 4.78 is 34.6. The Balaban J connectivity index is 0.00000256. The van der Waals surface area contributed by atoms with Gasteiger partial charge in [-0.3, -0.25) is 0 Å². The molecule has 0 amide bonds. The second-order valence-corrected chi connectivity index (χ2v) is 3.34. The molecule has 0 aliphatic carbocycles. The lowest BCUT2D eigenvalue weighted by Gasteiger charge is -2.16. The summed E-state index contributed by atoms with van der Waals surface area (Å²) in [7, 11) is 2.98. The van der Waals surface area contributed by atoms with Gasteiger partial charge in [0.05, 0.1) is 14.2 Å². The summed E-state index contributed by atoms with van der Waals surface area (Å²) in [5, 5.41) is 0. The van der Waals surface area contributed by atoms with Crippen LogP contribution in [0.5, 0.6) is 11.5 Å². The second kappa shape index (κ2) is 7.29. The highest BCUT2D eigenvalue weighted by molar-refractivity contribution is 5.85. The highest BCUT2D eigenvalue weighted by atomic mass is 35.5. The van der Waals surface area contributed by atoms with E-state index in [1.54, 1.807) is 18.2 Å². The Kier molecular flexibility index (Phi) is 6.83. The van der Waals surface area contributed by atoms with E-state index in [0.717, 1.165) is 0 Å². The molecule has 0 fully saturated rings. The third kappa shape index (κ3) is 4.36. The molecule has 1 aromatic rings. The van der Waals surface area contributed by atoms with Crippen molar-refractivity contribution < 1.29 is 18.3 Å². The lowest BCUT2D eigenvalue weighted by atomic mass is 10.0. The maximum Gasteiger partial charge on any atom is 0.240 e. The molecule has 1 rings (SSSR count). The highest BCUT2D eigenvalue weighted by Crippen LogP contribution is 2.30. The minimum absolute atomic E-state index is 0. The van der Waals surface area contributed by atoms with Crippen molar-refractivity contribution in [3.8, 4) is 11.5 Å². The van der Waals surface area contributed by atoms with Crippen molar-refractivity contribution in [2.24, 2.45) is 5.73 Å². The normalized spacial score (nSPS) is 11.9. The van der Waals surface area contributed by atoms with Crippen LogP contribution in [0.3, 0.4) is 0 Å². The largest absolute Gasteiger partial charge is 0.497 e. The maximum atomic E-state index is 12.2. The van der Waals surface area contributed by atoms with Crippen LogP contribution >= 0.6 is 12.4 Å². The molecule has 98 valence electrons. The zero-order chi connectivity index (χ0) is 12.1. The molecule has 0 heterocycles. The van der Waals surface area contributed by atoms with Gasteiger partial charge in [-0.15, -0.1) is 12.4 Å². The number of rotatable bonds is 5. The van der Waals surface area contributed by atoms with Gasteiger partial charge in [0.15, 0.2) is 0 Å². The van der Waals surface area contributed by atoms with Crippen LogP contribution in [0.4, 0.5) is 8.78 Å². The number of methoxy groups -OCH3 is 2. The minimum atomic E-state index is -2.44. The van der Waals surface area contributed by atoms with Gasteiger partial charge in [-0.05, 0) is 18.2 Å². The average Bonchev–Trinajstić information content (AvgIpc) is 2.27. The molecule has 1 aromatic carbocycles. The summed E-state index contributed by atoms with van der Waals surface area (Å²) in [5.74, 6) is 1.06. The smallest absolute Gasteiger partial charge is 0.240 e. The predicted octanol–water partition coefficient (Wildman–Crippen LogP) is 2.78. The van der Waals surface area contributed by atoms with Crippen LogP contribution in [-0.2, 0) is 0 Å². The molecule has 0 spiro atoms. The van der Waals surface area contributed by atoms with Gasteiger partial charge < -0.3 is 15.2 Å². The molecule has 17 heavy (non-hydrogen) atoms. The van der Waals surface area contributed by atoms with E-state index < -0.39 is 18.9 Å². The molecule has 1 atom stereocenters. The number of benzene rings is 1. The first-order valence-corrected chi connectivity index (χ1v) is 4.84. The zero-order valence-electron chi connectivity index (χ0n) is 9.65. The van der Waals surface area contributed by atoms with Crippen LogP contribution in [0.1, 0.15) is 18.0 Å². The fourth-order valence-electron chi connectivity index (χ4n) is 1.45. The SMILES string of the molecule is COc1ccc(OC)c([C@H](N)CC(F)F)c1.Cl. The van der Waals surface area contributed by atoms with Gasteiger partial charge in [-0.2, -0.15) is 0 Å². The number of hydrogen-bond donors (Lipinski definition) is 1. The first kappa shape index (κ1) is 15.9. The number of ether oxygens (including phenoxy) is 2. The average molecular weight is 268 g/mol. The van der Waals surface area contributed by atoms with Gasteiger partial charge in [0.1, 0.15) is 11.5 Å². The van der Waals surface area contributed by atoms with Crippen LogP contribution in [0.15, 0.2) is 18.2 Å². The first-order chi connectivity index (χ1) is 7.58. The van der Waals surface area contributed by atoms with E-state index in [-0.39, 0.29) is 12.4 Å². The van der Waals surface area contributed by atoms with E-state index >= 15 is 0 Å². The number of nitrogens with two attached hydrogens (primary N) is 1. The van der Waals surface area contributed by atoms with E-state index in [0.29, 0.717) is 17.1 Å². The summed E-state index contributed by atoms with van der Waals surface area (Å²) in [6, 6.07) is 4.20. The first-order valence-electron chi connectivity index (χ1n) is 4.84. The van der Waals surface area contributed by atoms with Gasteiger partial charge in [-0.25, -0.2) is 8.78 Å². The van der Waals surface area contributed by atoms with E-state index in [9.17, 15) is 8.78 Å². The summed E-state index contributed by atoms with van der Waals surface area (Å²) in [4.78, 5) is 0. The highest BCUT2D eigenvalue weighted by Gasteiger charge is 2.17. The van der Waals surface area contributed by atoms with Crippen LogP contribution in [0.25, 0.3) is 0 Å². The van der Waals surface area contributed by atoms with E-state index in [1.807, 2.05) is 0 Å². The molecule has 0 saturated carbocycles.